The number of ether oxygens (including phenoxy) is 1. The van der Waals surface area contributed by atoms with Gasteiger partial charge in [-0.25, -0.2) is 9.78 Å². The molecule has 1 aliphatic carbocycles. The normalized spacial score (nSPS) is 15.0. The molecule has 1 aromatic heterocycles. The molecule has 2 N–H and O–H groups in total. The smallest absolute Gasteiger partial charge is 0.358 e. The van der Waals surface area contributed by atoms with Crippen LogP contribution in [0.4, 0.5) is 0 Å². The summed E-state index contributed by atoms with van der Waals surface area (Å²) in [6.07, 6.45) is 4.44. The first-order chi connectivity index (χ1) is 15.0. The number of aromatic carboxylic acids is 1. The highest BCUT2D eigenvalue weighted by molar-refractivity contribution is 6.30. The van der Waals surface area contributed by atoms with E-state index >= 15 is 0 Å². The average Bonchev–Trinajstić information content (AvgIpc) is 3.23. The van der Waals surface area contributed by atoms with Gasteiger partial charge in [-0.2, -0.15) is 4.98 Å². The number of rotatable bonds is 7. The van der Waals surface area contributed by atoms with E-state index in [9.17, 15) is 15.0 Å². The summed E-state index contributed by atoms with van der Waals surface area (Å²) in [6.45, 7) is 0.103. The van der Waals surface area contributed by atoms with Crippen molar-refractivity contribution < 1.29 is 19.7 Å². The fourth-order valence-corrected chi connectivity index (χ4v) is 4.42. The van der Waals surface area contributed by atoms with Gasteiger partial charge in [-0.05, 0) is 36.1 Å². The maximum absolute atomic E-state index is 11.9. The summed E-state index contributed by atoms with van der Waals surface area (Å²) in [4.78, 5) is 20.4. The molecule has 1 aliphatic rings. The molecule has 4 rings (SSSR count). The third-order valence-corrected chi connectivity index (χ3v) is 6.09. The van der Waals surface area contributed by atoms with Gasteiger partial charge >= 0.3 is 5.97 Å². The molecule has 0 spiro atoms. The number of carboxylic acid groups (broad SMARTS) is 1. The highest BCUT2D eigenvalue weighted by atomic mass is 35.5. The molecule has 1 fully saturated rings. The Bertz CT molecular complexity index is 1060. The first kappa shape index (κ1) is 21.1. The summed E-state index contributed by atoms with van der Waals surface area (Å²) in [7, 11) is 0. The molecular formula is C24H23ClN2O4. The molecule has 0 saturated heterocycles. The van der Waals surface area contributed by atoms with E-state index in [0.717, 1.165) is 36.8 Å². The molecule has 7 heteroatoms. The molecular weight excluding hydrogens is 416 g/mol. The molecule has 0 atom stereocenters. The van der Waals surface area contributed by atoms with Crippen LogP contribution in [0.25, 0.3) is 0 Å². The topological polar surface area (TPSA) is 92.5 Å². The van der Waals surface area contributed by atoms with Crippen LogP contribution in [0.3, 0.4) is 0 Å². The summed E-state index contributed by atoms with van der Waals surface area (Å²) >= 11 is 6.05. The number of hydrogen-bond acceptors (Lipinski definition) is 5. The minimum atomic E-state index is -1.27. The van der Waals surface area contributed by atoms with E-state index in [4.69, 9.17) is 16.3 Å². The molecule has 6 nitrogen and oxygen atoms in total. The SMILES string of the molecule is O=C(O)c1nc(CC2(c3ccc(Cl)cc3)CCCC2)nc(O)c1OCc1ccccc1. The summed E-state index contributed by atoms with van der Waals surface area (Å²) in [5, 5.41) is 20.9. The van der Waals surface area contributed by atoms with Gasteiger partial charge in [0.1, 0.15) is 12.4 Å². The predicted octanol–water partition coefficient (Wildman–Crippen LogP) is 5.17. The van der Waals surface area contributed by atoms with Crippen molar-refractivity contribution in [1.82, 2.24) is 9.97 Å². The van der Waals surface area contributed by atoms with Crippen LogP contribution in [-0.2, 0) is 18.4 Å². The minimum absolute atomic E-state index is 0.103. The Balaban J connectivity index is 1.64. The Morgan fingerprint density at radius 2 is 1.71 bits per heavy atom. The van der Waals surface area contributed by atoms with Crippen LogP contribution in [0.1, 0.15) is 53.1 Å². The van der Waals surface area contributed by atoms with Gasteiger partial charge in [0.05, 0.1) is 0 Å². The number of nitrogens with zero attached hydrogens (tertiary/aromatic N) is 2. The monoisotopic (exact) mass is 438 g/mol. The van der Waals surface area contributed by atoms with Crippen LogP contribution < -0.4 is 4.74 Å². The molecule has 0 unspecified atom stereocenters. The second-order valence-corrected chi connectivity index (χ2v) is 8.33. The van der Waals surface area contributed by atoms with E-state index < -0.39 is 11.8 Å². The van der Waals surface area contributed by atoms with Gasteiger partial charge in [-0.1, -0.05) is 66.9 Å². The number of carboxylic acids is 1. The Morgan fingerprint density at radius 3 is 2.35 bits per heavy atom. The lowest BCUT2D eigenvalue weighted by molar-refractivity contribution is 0.0682. The van der Waals surface area contributed by atoms with Gasteiger partial charge < -0.3 is 14.9 Å². The highest BCUT2D eigenvalue weighted by Crippen LogP contribution is 2.44. The van der Waals surface area contributed by atoms with Crippen LogP contribution in [0.2, 0.25) is 5.02 Å². The maximum atomic E-state index is 11.9. The van der Waals surface area contributed by atoms with Crippen molar-refractivity contribution >= 4 is 17.6 Å². The van der Waals surface area contributed by atoms with Gasteiger partial charge in [-0.3, -0.25) is 0 Å². The van der Waals surface area contributed by atoms with Crippen LogP contribution in [0.5, 0.6) is 11.6 Å². The predicted molar refractivity (Wildman–Crippen MR) is 117 cm³/mol. The van der Waals surface area contributed by atoms with Gasteiger partial charge in [0, 0.05) is 16.9 Å². The van der Waals surface area contributed by atoms with E-state index in [1.165, 1.54) is 0 Å². The van der Waals surface area contributed by atoms with Gasteiger partial charge in [0.15, 0.2) is 5.69 Å². The average molecular weight is 439 g/mol. The van der Waals surface area contributed by atoms with E-state index in [0.29, 0.717) is 17.3 Å². The van der Waals surface area contributed by atoms with Crippen LogP contribution in [0, 0.1) is 0 Å². The Hall–Kier alpha value is -3.12. The molecule has 0 aliphatic heterocycles. The van der Waals surface area contributed by atoms with Crippen LogP contribution in [-0.4, -0.2) is 26.2 Å². The van der Waals surface area contributed by atoms with Crippen molar-refractivity contribution in [3.8, 4) is 11.6 Å². The summed E-state index contributed by atoms with van der Waals surface area (Å²) in [5.41, 5.74) is 1.43. The summed E-state index contributed by atoms with van der Waals surface area (Å²) in [5.74, 6) is -1.65. The zero-order chi connectivity index (χ0) is 21.8. The largest absolute Gasteiger partial charge is 0.491 e. The fraction of sp³-hybridized carbons (Fsp3) is 0.292. The molecule has 1 heterocycles. The number of carbonyl (C=O) groups is 1. The number of benzene rings is 2. The molecule has 3 aromatic rings. The third kappa shape index (κ3) is 4.64. The quantitative estimate of drug-likeness (QED) is 0.528. The van der Waals surface area contributed by atoms with Crippen LogP contribution >= 0.6 is 11.6 Å². The number of aromatic hydroxyl groups is 1. The molecule has 0 radical (unpaired) electrons. The molecule has 1 saturated carbocycles. The van der Waals surface area contributed by atoms with Crippen molar-refractivity contribution in [2.45, 2.75) is 44.1 Å². The molecule has 0 amide bonds. The third-order valence-electron chi connectivity index (χ3n) is 5.84. The van der Waals surface area contributed by atoms with E-state index in [1.807, 2.05) is 54.6 Å². The molecule has 31 heavy (non-hydrogen) atoms. The standard InChI is InChI=1S/C24H23ClN2O4/c25-18-10-8-17(9-11-18)24(12-4-5-13-24)14-19-26-20(23(29)30)21(22(28)27-19)31-15-16-6-2-1-3-7-16/h1-3,6-11H,4-5,12-15H2,(H,29,30)(H,26,27,28). The van der Waals surface area contributed by atoms with E-state index in [-0.39, 0.29) is 23.5 Å². The minimum Gasteiger partial charge on any atom is -0.491 e. The van der Waals surface area contributed by atoms with Crippen molar-refractivity contribution in [3.05, 3.63) is 82.3 Å². The Morgan fingerprint density at radius 1 is 1.03 bits per heavy atom. The van der Waals surface area contributed by atoms with Gasteiger partial charge in [-0.15, -0.1) is 0 Å². The molecule has 2 aromatic carbocycles. The van der Waals surface area contributed by atoms with Crippen molar-refractivity contribution in [1.29, 1.82) is 0 Å². The first-order valence-electron chi connectivity index (χ1n) is 10.2. The zero-order valence-corrected chi connectivity index (χ0v) is 17.7. The van der Waals surface area contributed by atoms with Crippen molar-refractivity contribution in [2.75, 3.05) is 0 Å². The van der Waals surface area contributed by atoms with Gasteiger partial charge in [0.2, 0.25) is 5.75 Å². The Labute approximate surface area is 185 Å². The van der Waals surface area contributed by atoms with Gasteiger partial charge in [0.25, 0.3) is 5.88 Å². The lowest BCUT2D eigenvalue weighted by Gasteiger charge is -2.29. The highest BCUT2D eigenvalue weighted by Gasteiger charge is 2.37. The van der Waals surface area contributed by atoms with Crippen molar-refractivity contribution in [3.63, 3.8) is 0 Å². The van der Waals surface area contributed by atoms with E-state index in [2.05, 4.69) is 9.97 Å². The zero-order valence-electron chi connectivity index (χ0n) is 16.9. The second-order valence-electron chi connectivity index (χ2n) is 7.89. The first-order valence-corrected chi connectivity index (χ1v) is 10.6. The summed E-state index contributed by atoms with van der Waals surface area (Å²) in [6, 6.07) is 17.0. The molecule has 160 valence electrons. The fourth-order valence-electron chi connectivity index (χ4n) is 4.30. The van der Waals surface area contributed by atoms with Crippen LogP contribution in [0.15, 0.2) is 54.6 Å². The Kier molecular flexibility index (Phi) is 6.09. The number of halogens is 1. The lowest BCUT2D eigenvalue weighted by atomic mass is 9.76. The van der Waals surface area contributed by atoms with E-state index in [1.54, 1.807) is 0 Å². The lowest BCUT2D eigenvalue weighted by Crippen LogP contribution is -2.27. The number of aromatic nitrogens is 2. The maximum Gasteiger partial charge on any atom is 0.358 e. The number of hydrogen-bond donors (Lipinski definition) is 2. The summed E-state index contributed by atoms with van der Waals surface area (Å²) < 4.78 is 5.59. The molecule has 0 bridgehead atoms. The second kappa shape index (κ2) is 8.94. The van der Waals surface area contributed by atoms with Crippen molar-refractivity contribution in [2.24, 2.45) is 0 Å².